The molecule has 0 atom stereocenters. The molecule has 0 spiro atoms. The van der Waals surface area contributed by atoms with Crippen LogP contribution in [0.3, 0.4) is 0 Å². The van der Waals surface area contributed by atoms with Gasteiger partial charge in [-0.1, -0.05) is 182 Å². The van der Waals surface area contributed by atoms with E-state index in [-0.39, 0.29) is 0 Å². The van der Waals surface area contributed by atoms with Crippen LogP contribution in [0.1, 0.15) is 22.3 Å². The molecular formula is C51H32N4. The van der Waals surface area contributed by atoms with Crippen molar-refractivity contribution in [3.63, 3.8) is 0 Å². The monoisotopic (exact) mass is 700 g/mol. The highest BCUT2D eigenvalue weighted by atomic mass is 15.0. The predicted octanol–water partition coefficient (Wildman–Crippen LogP) is 12.6. The third-order valence-electron chi connectivity index (χ3n) is 10.8. The topological polar surface area (TPSA) is 43.0 Å². The Balaban J connectivity index is 1.20. The van der Waals surface area contributed by atoms with Gasteiger partial charge >= 0.3 is 0 Å². The standard InChI is InChI=1S/C51H32N4/c1-52-40-30-31-45-44(33-40)47-42(27-15-29-46(47)51(45,38-22-7-3-8-23-38)39-24-9-4-10-25-39)36-20-13-21-37(32-36)49-53-48(35-17-5-2-6-18-35)54-50(55-49)43-28-14-19-34-16-11-12-26-41(34)43/h2-33H. The van der Waals surface area contributed by atoms with Crippen LogP contribution in [0, 0.1) is 6.57 Å². The van der Waals surface area contributed by atoms with Crippen LogP contribution < -0.4 is 0 Å². The molecule has 0 bridgehead atoms. The van der Waals surface area contributed by atoms with Crippen molar-refractivity contribution in [2.75, 3.05) is 0 Å². The lowest BCUT2D eigenvalue weighted by Gasteiger charge is -2.34. The zero-order chi connectivity index (χ0) is 36.8. The molecule has 0 N–H and O–H groups in total. The second-order valence-electron chi connectivity index (χ2n) is 13.8. The molecule has 0 fully saturated rings. The number of hydrogen-bond acceptors (Lipinski definition) is 3. The van der Waals surface area contributed by atoms with Gasteiger partial charge in [-0.3, -0.25) is 0 Å². The predicted molar refractivity (Wildman–Crippen MR) is 223 cm³/mol. The summed E-state index contributed by atoms with van der Waals surface area (Å²) in [4.78, 5) is 19.2. The molecule has 0 unspecified atom stereocenters. The minimum Gasteiger partial charge on any atom is -0.238 e. The fourth-order valence-electron chi connectivity index (χ4n) is 8.43. The van der Waals surface area contributed by atoms with E-state index >= 15 is 0 Å². The fraction of sp³-hybridized carbons (Fsp3) is 0.0196. The first kappa shape index (κ1) is 32.2. The van der Waals surface area contributed by atoms with Crippen molar-refractivity contribution < 1.29 is 0 Å². The fourth-order valence-corrected chi connectivity index (χ4v) is 8.43. The van der Waals surface area contributed by atoms with E-state index < -0.39 is 5.41 Å². The van der Waals surface area contributed by atoms with Crippen molar-refractivity contribution in [2.24, 2.45) is 0 Å². The Hall–Kier alpha value is -7.48. The van der Waals surface area contributed by atoms with Crippen molar-refractivity contribution in [3.8, 4) is 56.4 Å². The highest BCUT2D eigenvalue weighted by molar-refractivity contribution is 5.98. The Morgan fingerprint density at radius 2 is 0.964 bits per heavy atom. The van der Waals surface area contributed by atoms with Crippen molar-refractivity contribution in [2.45, 2.75) is 5.41 Å². The van der Waals surface area contributed by atoms with Gasteiger partial charge in [0.25, 0.3) is 0 Å². The Morgan fingerprint density at radius 3 is 1.71 bits per heavy atom. The van der Waals surface area contributed by atoms with Crippen molar-refractivity contribution in [3.05, 3.63) is 228 Å². The zero-order valence-corrected chi connectivity index (χ0v) is 29.8. The van der Waals surface area contributed by atoms with Crippen LogP contribution in [0.25, 0.3) is 72.0 Å². The molecular weight excluding hydrogens is 669 g/mol. The van der Waals surface area contributed by atoms with Crippen LogP contribution in [-0.4, -0.2) is 15.0 Å². The molecule has 4 nitrogen and oxygen atoms in total. The highest BCUT2D eigenvalue weighted by Gasteiger charge is 2.46. The number of benzene rings is 8. The van der Waals surface area contributed by atoms with Gasteiger partial charge in [-0.15, -0.1) is 0 Å². The summed E-state index contributed by atoms with van der Waals surface area (Å²) in [6.07, 6.45) is 0. The van der Waals surface area contributed by atoms with Crippen molar-refractivity contribution >= 4 is 16.5 Å². The summed E-state index contributed by atoms with van der Waals surface area (Å²) in [6.45, 7) is 7.97. The number of fused-ring (bicyclic) bond motifs is 4. The summed E-state index contributed by atoms with van der Waals surface area (Å²) < 4.78 is 0. The van der Waals surface area contributed by atoms with Gasteiger partial charge in [0.05, 0.1) is 12.0 Å². The van der Waals surface area contributed by atoms with E-state index in [0.29, 0.717) is 23.2 Å². The quantitative estimate of drug-likeness (QED) is 0.162. The molecule has 1 aliphatic rings. The first-order valence-electron chi connectivity index (χ1n) is 18.4. The normalized spacial score (nSPS) is 12.5. The van der Waals surface area contributed by atoms with Gasteiger partial charge in [-0.05, 0) is 67.4 Å². The number of aromatic nitrogens is 3. The van der Waals surface area contributed by atoms with Gasteiger partial charge in [0.1, 0.15) is 0 Å². The Bertz CT molecular complexity index is 2890. The van der Waals surface area contributed by atoms with E-state index in [1.807, 2.05) is 36.4 Å². The maximum absolute atomic E-state index is 7.97. The summed E-state index contributed by atoms with van der Waals surface area (Å²) in [5.41, 5.74) is 11.9. The van der Waals surface area contributed by atoms with E-state index in [2.05, 4.69) is 163 Å². The van der Waals surface area contributed by atoms with E-state index in [0.717, 1.165) is 49.7 Å². The van der Waals surface area contributed by atoms with Gasteiger partial charge < -0.3 is 0 Å². The molecule has 0 amide bonds. The average molecular weight is 701 g/mol. The second-order valence-corrected chi connectivity index (χ2v) is 13.8. The maximum Gasteiger partial charge on any atom is 0.187 e. The third kappa shape index (κ3) is 5.25. The van der Waals surface area contributed by atoms with E-state index in [1.165, 1.54) is 22.3 Å². The summed E-state index contributed by atoms with van der Waals surface area (Å²) in [7, 11) is 0. The summed E-state index contributed by atoms with van der Waals surface area (Å²) in [6, 6.07) is 67.5. The molecule has 9 aromatic rings. The highest BCUT2D eigenvalue weighted by Crippen LogP contribution is 2.59. The van der Waals surface area contributed by atoms with Gasteiger partial charge in [0.2, 0.25) is 0 Å². The van der Waals surface area contributed by atoms with Crippen LogP contribution in [0.5, 0.6) is 0 Å². The van der Waals surface area contributed by atoms with Crippen molar-refractivity contribution in [1.29, 1.82) is 0 Å². The molecule has 0 saturated heterocycles. The SMILES string of the molecule is [C-]#[N+]c1ccc2c(c1)-c1c(-c3cccc(-c4nc(-c5ccccc5)nc(-c5cccc6ccccc56)n4)c3)cccc1C2(c1ccccc1)c1ccccc1. The zero-order valence-electron chi connectivity index (χ0n) is 29.8. The van der Waals surface area contributed by atoms with Gasteiger partial charge in [0, 0.05) is 16.7 Å². The summed E-state index contributed by atoms with van der Waals surface area (Å²) in [5, 5.41) is 2.22. The first-order valence-corrected chi connectivity index (χ1v) is 18.4. The van der Waals surface area contributed by atoms with Gasteiger partial charge in [-0.25, -0.2) is 19.8 Å². The largest absolute Gasteiger partial charge is 0.238 e. The van der Waals surface area contributed by atoms with E-state index in [9.17, 15) is 0 Å². The van der Waals surface area contributed by atoms with E-state index in [4.69, 9.17) is 21.5 Å². The molecule has 0 aliphatic heterocycles. The second kappa shape index (κ2) is 13.2. The van der Waals surface area contributed by atoms with Gasteiger partial charge in [-0.2, -0.15) is 0 Å². The minimum absolute atomic E-state index is 0.576. The lowest BCUT2D eigenvalue weighted by atomic mass is 9.67. The first-order chi connectivity index (χ1) is 27.2. The molecule has 8 aromatic carbocycles. The number of rotatable bonds is 6. The van der Waals surface area contributed by atoms with Crippen LogP contribution >= 0.6 is 0 Å². The minimum atomic E-state index is -0.576. The molecule has 10 rings (SSSR count). The summed E-state index contributed by atoms with van der Waals surface area (Å²) >= 11 is 0. The molecule has 1 aromatic heterocycles. The molecule has 0 radical (unpaired) electrons. The molecule has 0 saturated carbocycles. The van der Waals surface area contributed by atoms with Crippen LogP contribution in [0.15, 0.2) is 194 Å². The molecule has 55 heavy (non-hydrogen) atoms. The van der Waals surface area contributed by atoms with Crippen LogP contribution in [-0.2, 0) is 5.41 Å². The molecule has 256 valence electrons. The lowest BCUT2D eigenvalue weighted by Crippen LogP contribution is -2.28. The van der Waals surface area contributed by atoms with Gasteiger partial charge in [0.15, 0.2) is 23.2 Å². The smallest absolute Gasteiger partial charge is 0.187 e. The molecule has 4 heteroatoms. The number of hydrogen-bond donors (Lipinski definition) is 0. The van der Waals surface area contributed by atoms with Crippen molar-refractivity contribution in [1.82, 2.24) is 15.0 Å². The third-order valence-corrected chi connectivity index (χ3v) is 10.8. The average Bonchev–Trinajstić information content (AvgIpc) is 3.57. The Morgan fingerprint density at radius 1 is 0.400 bits per heavy atom. The maximum atomic E-state index is 7.97. The van der Waals surface area contributed by atoms with E-state index in [1.54, 1.807) is 0 Å². The molecule has 1 aliphatic carbocycles. The summed E-state index contributed by atoms with van der Waals surface area (Å²) in [5.74, 6) is 1.85. The molecule has 1 heterocycles. The van der Waals surface area contributed by atoms with Crippen LogP contribution in [0.4, 0.5) is 5.69 Å². The number of nitrogens with zero attached hydrogens (tertiary/aromatic N) is 4. The Kier molecular flexibility index (Phi) is 7.71. The lowest BCUT2D eigenvalue weighted by molar-refractivity contribution is 0.769. The Labute approximate surface area is 319 Å². The van der Waals surface area contributed by atoms with Crippen LogP contribution in [0.2, 0.25) is 0 Å².